The van der Waals surface area contributed by atoms with E-state index in [1.54, 1.807) is 47.4 Å². The Morgan fingerprint density at radius 3 is 2.65 bits per heavy atom. The summed E-state index contributed by atoms with van der Waals surface area (Å²) in [5.74, 6) is -1.45. The first-order chi connectivity index (χ1) is 15.0. The van der Waals surface area contributed by atoms with E-state index < -0.39 is 11.6 Å². The molecule has 4 nitrogen and oxygen atoms in total. The molecule has 7 heteroatoms. The molecule has 31 heavy (non-hydrogen) atoms. The molecule has 4 aromatic rings. The molecule has 1 aliphatic rings. The van der Waals surface area contributed by atoms with Gasteiger partial charge in [0.1, 0.15) is 11.6 Å². The van der Waals surface area contributed by atoms with Gasteiger partial charge in [0.05, 0.1) is 0 Å². The number of oxazole rings is 1. The van der Waals surface area contributed by atoms with E-state index in [0.717, 1.165) is 25.0 Å². The Labute approximate surface area is 182 Å². The predicted octanol–water partition coefficient (Wildman–Crippen LogP) is 6.40. The lowest BCUT2D eigenvalue weighted by Crippen LogP contribution is -2.30. The Bertz CT molecular complexity index is 1300. The Morgan fingerprint density at radius 1 is 1.03 bits per heavy atom. The number of benzene rings is 3. The monoisotopic (exact) mass is 438 g/mol. The SMILES string of the molecule is O=C(c1cccc(Cl)c1)N1CCC[C@@H]1c1nc2cc(-c3ccc(F)c(F)c3)ccc2o1. The quantitative estimate of drug-likeness (QED) is 0.371. The second kappa shape index (κ2) is 7.78. The summed E-state index contributed by atoms with van der Waals surface area (Å²) in [5.41, 5.74) is 2.94. The highest BCUT2D eigenvalue weighted by molar-refractivity contribution is 6.30. The molecule has 2 heterocycles. The van der Waals surface area contributed by atoms with Crippen LogP contribution in [0, 0.1) is 11.6 Å². The minimum Gasteiger partial charge on any atom is -0.438 e. The zero-order valence-electron chi connectivity index (χ0n) is 16.3. The van der Waals surface area contributed by atoms with Gasteiger partial charge in [-0.2, -0.15) is 0 Å². The standard InChI is InChI=1S/C24H17ClF2N2O2/c25-17-4-1-3-16(11-17)24(30)29-10-2-5-21(29)23-28-20-13-15(7-9-22(20)31-23)14-6-8-18(26)19(27)12-14/h1,3-4,6-9,11-13,21H,2,5,10H2/t21-/m1/s1. The minimum atomic E-state index is -0.903. The first-order valence-corrected chi connectivity index (χ1v) is 10.3. The smallest absolute Gasteiger partial charge is 0.254 e. The molecule has 1 fully saturated rings. The fraction of sp³-hybridized carbons (Fsp3) is 0.167. The Morgan fingerprint density at radius 2 is 1.84 bits per heavy atom. The van der Waals surface area contributed by atoms with E-state index in [4.69, 9.17) is 16.0 Å². The van der Waals surface area contributed by atoms with Crippen molar-refractivity contribution in [2.45, 2.75) is 18.9 Å². The van der Waals surface area contributed by atoms with E-state index in [0.29, 0.717) is 45.2 Å². The summed E-state index contributed by atoms with van der Waals surface area (Å²) in [7, 11) is 0. The van der Waals surface area contributed by atoms with Gasteiger partial charge in [0, 0.05) is 17.1 Å². The summed E-state index contributed by atoms with van der Waals surface area (Å²) in [6.07, 6.45) is 1.59. The first kappa shape index (κ1) is 19.7. The molecule has 0 N–H and O–H groups in total. The van der Waals surface area contributed by atoms with E-state index in [1.165, 1.54) is 6.07 Å². The summed E-state index contributed by atoms with van der Waals surface area (Å²) < 4.78 is 32.8. The summed E-state index contributed by atoms with van der Waals surface area (Å²) in [5, 5.41) is 0.508. The lowest BCUT2D eigenvalue weighted by molar-refractivity contribution is 0.0717. The molecule has 0 bridgehead atoms. The van der Waals surface area contributed by atoms with Crippen molar-refractivity contribution in [3.63, 3.8) is 0 Å². The van der Waals surface area contributed by atoms with E-state index in [1.807, 2.05) is 0 Å². The van der Waals surface area contributed by atoms with Crippen molar-refractivity contribution in [3.05, 3.63) is 88.8 Å². The zero-order chi connectivity index (χ0) is 21.5. The van der Waals surface area contributed by atoms with Crippen molar-refractivity contribution in [2.75, 3.05) is 6.54 Å². The molecule has 0 spiro atoms. The Kier molecular flexibility index (Phi) is 4.94. The summed E-state index contributed by atoms with van der Waals surface area (Å²) >= 11 is 6.04. The molecule has 1 atom stereocenters. The number of aromatic nitrogens is 1. The van der Waals surface area contributed by atoms with Crippen LogP contribution in [0.15, 0.2) is 65.1 Å². The number of hydrogen-bond donors (Lipinski definition) is 0. The third kappa shape index (κ3) is 3.68. The number of fused-ring (bicyclic) bond motifs is 1. The third-order valence-electron chi connectivity index (χ3n) is 5.53. The number of likely N-dealkylation sites (tertiary alicyclic amines) is 1. The number of carbonyl (C=O) groups excluding carboxylic acids is 1. The number of hydrogen-bond acceptors (Lipinski definition) is 3. The molecule has 0 radical (unpaired) electrons. The number of amides is 1. The normalized spacial score (nSPS) is 16.2. The highest BCUT2D eigenvalue weighted by atomic mass is 35.5. The van der Waals surface area contributed by atoms with Gasteiger partial charge in [-0.25, -0.2) is 13.8 Å². The largest absolute Gasteiger partial charge is 0.438 e. The van der Waals surface area contributed by atoms with Gasteiger partial charge in [0.25, 0.3) is 5.91 Å². The lowest BCUT2D eigenvalue weighted by atomic mass is 10.1. The maximum Gasteiger partial charge on any atom is 0.254 e. The van der Waals surface area contributed by atoms with Crippen LogP contribution in [-0.2, 0) is 0 Å². The van der Waals surface area contributed by atoms with Crippen molar-refractivity contribution in [3.8, 4) is 11.1 Å². The van der Waals surface area contributed by atoms with Crippen molar-refractivity contribution in [1.29, 1.82) is 0 Å². The fourth-order valence-electron chi connectivity index (χ4n) is 4.00. The molecular formula is C24H17ClF2N2O2. The van der Waals surface area contributed by atoms with Gasteiger partial charge >= 0.3 is 0 Å². The maximum atomic E-state index is 13.6. The molecule has 1 amide bonds. The van der Waals surface area contributed by atoms with Gasteiger partial charge in [-0.1, -0.05) is 29.8 Å². The van der Waals surface area contributed by atoms with E-state index in [-0.39, 0.29) is 11.9 Å². The summed E-state index contributed by atoms with van der Waals surface area (Å²) in [6.45, 7) is 0.606. The van der Waals surface area contributed by atoms with Crippen LogP contribution in [0.1, 0.15) is 35.1 Å². The molecule has 3 aromatic carbocycles. The van der Waals surface area contributed by atoms with Crippen LogP contribution >= 0.6 is 11.6 Å². The maximum absolute atomic E-state index is 13.6. The van der Waals surface area contributed by atoms with E-state index in [9.17, 15) is 13.6 Å². The van der Waals surface area contributed by atoms with Crippen LogP contribution in [0.2, 0.25) is 5.02 Å². The highest BCUT2D eigenvalue weighted by Crippen LogP contribution is 2.35. The fourth-order valence-corrected chi connectivity index (χ4v) is 4.19. The average Bonchev–Trinajstić information content (AvgIpc) is 3.41. The molecule has 156 valence electrons. The van der Waals surface area contributed by atoms with Crippen LogP contribution in [0.4, 0.5) is 8.78 Å². The van der Waals surface area contributed by atoms with Gasteiger partial charge in [0.2, 0.25) is 5.89 Å². The van der Waals surface area contributed by atoms with Gasteiger partial charge in [-0.15, -0.1) is 0 Å². The molecular weight excluding hydrogens is 422 g/mol. The number of rotatable bonds is 3. The first-order valence-electron chi connectivity index (χ1n) is 9.92. The summed E-state index contributed by atoms with van der Waals surface area (Å²) in [4.78, 5) is 19.4. The Hall–Kier alpha value is -3.25. The van der Waals surface area contributed by atoms with Crippen molar-refractivity contribution >= 4 is 28.6 Å². The van der Waals surface area contributed by atoms with E-state index >= 15 is 0 Å². The third-order valence-corrected chi connectivity index (χ3v) is 5.76. The van der Waals surface area contributed by atoms with Crippen LogP contribution in [-0.4, -0.2) is 22.3 Å². The highest BCUT2D eigenvalue weighted by Gasteiger charge is 2.34. The average molecular weight is 439 g/mol. The minimum absolute atomic E-state index is 0.116. The predicted molar refractivity (Wildman–Crippen MR) is 114 cm³/mol. The van der Waals surface area contributed by atoms with Crippen molar-refractivity contribution in [1.82, 2.24) is 9.88 Å². The molecule has 1 aromatic heterocycles. The number of nitrogens with zero attached hydrogens (tertiary/aromatic N) is 2. The van der Waals surface area contributed by atoms with Crippen LogP contribution < -0.4 is 0 Å². The van der Waals surface area contributed by atoms with Gasteiger partial charge in [-0.3, -0.25) is 4.79 Å². The van der Waals surface area contributed by atoms with Crippen molar-refractivity contribution in [2.24, 2.45) is 0 Å². The summed E-state index contributed by atoms with van der Waals surface area (Å²) in [6, 6.07) is 15.7. The second-order valence-corrected chi connectivity index (χ2v) is 7.97. The van der Waals surface area contributed by atoms with Crippen LogP contribution in [0.5, 0.6) is 0 Å². The lowest BCUT2D eigenvalue weighted by Gasteiger charge is -2.22. The Balaban J connectivity index is 1.47. The molecule has 0 saturated carbocycles. The molecule has 0 unspecified atom stereocenters. The van der Waals surface area contributed by atoms with Gasteiger partial charge in [0.15, 0.2) is 17.2 Å². The van der Waals surface area contributed by atoms with E-state index in [2.05, 4.69) is 4.98 Å². The van der Waals surface area contributed by atoms with Gasteiger partial charge in [-0.05, 0) is 66.4 Å². The molecule has 1 saturated heterocycles. The zero-order valence-corrected chi connectivity index (χ0v) is 17.1. The van der Waals surface area contributed by atoms with Gasteiger partial charge < -0.3 is 9.32 Å². The van der Waals surface area contributed by atoms with Crippen LogP contribution in [0.3, 0.4) is 0 Å². The topological polar surface area (TPSA) is 46.3 Å². The molecule has 1 aliphatic heterocycles. The van der Waals surface area contributed by atoms with Crippen molar-refractivity contribution < 1.29 is 18.0 Å². The second-order valence-electron chi connectivity index (χ2n) is 7.53. The number of carbonyl (C=O) groups is 1. The van der Waals surface area contributed by atoms with Crippen LogP contribution in [0.25, 0.3) is 22.2 Å². The number of halogens is 3. The molecule has 5 rings (SSSR count). The molecule has 0 aliphatic carbocycles.